The number of rotatable bonds is 6. The molecule has 0 saturated carbocycles. The zero-order chi connectivity index (χ0) is 18.4. The van der Waals surface area contributed by atoms with Crippen LogP contribution in [0.5, 0.6) is 23.0 Å². The van der Waals surface area contributed by atoms with Gasteiger partial charge >= 0.3 is 6.09 Å². The van der Waals surface area contributed by atoms with Crippen LogP contribution in [0.2, 0.25) is 5.02 Å². The van der Waals surface area contributed by atoms with Gasteiger partial charge in [0.2, 0.25) is 0 Å². The van der Waals surface area contributed by atoms with E-state index in [4.69, 9.17) is 30.5 Å². The maximum absolute atomic E-state index is 12.2. The summed E-state index contributed by atoms with van der Waals surface area (Å²) in [6, 6.07) is 7.44. The van der Waals surface area contributed by atoms with Crippen LogP contribution >= 0.6 is 11.6 Å². The standard InChI is InChI=1S/C17H16ClNO6/c1-22-14-8-15(23-2)12(7-11(14)18)19-17(21)25-13-5-4-10(9-20)6-16(13)24-3/h4-9H,1-3H3,(H,19,21). The van der Waals surface area contributed by atoms with E-state index in [1.54, 1.807) is 0 Å². The molecule has 0 unspecified atom stereocenters. The van der Waals surface area contributed by atoms with Crippen molar-refractivity contribution in [2.75, 3.05) is 26.6 Å². The Balaban J connectivity index is 2.21. The monoisotopic (exact) mass is 365 g/mol. The van der Waals surface area contributed by atoms with Gasteiger partial charge in [-0.2, -0.15) is 0 Å². The van der Waals surface area contributed by atoms with E-state index in [2.05, 4.69) is 5.32 Å². The van der Waals surface area contributed by atoms with Crippen molar-refractivity contribution in [3.63, 3.8) is 0 Å². The van der Waals surface area contributed by atoms with Crippen molar-refractivity contribution < 1.29 is 28.5 Å². The molecule has 0 aliphatic carbocycles. The van der Waals surface area contributed by atoms with E-state index in [0.717, 1.165) is 0 Å². The number of carbonyl (C=O) groups excluding carboxylic acids is 2. The molecule has 0 saturated heterocycles. The Kier molecular flexibility index (Phi) is 6.08. The second-order valence-corrected chi connectivity index (χ2v) is 5.14. The van der Waals surface area contributed by atoms with Gasteiger partial charge in [-0.15, -0.1) is 0 Å². The van der Waals surface area contributed by atoms with Gasteiger partial charge in [0.1, 0.15) is 17.8 Å². The van der Waals surface area contributed by atoms with Gasteiger partial charge in [0, 0.05) is 11.6 Å². The van der Waals surface area contributed by atoms with Crippen LogP contribution in [0.25, 0.3) is 0 Å². The van der Waals surface area contributed by atoms with Gasteiger partial charge in [0.25, 0.3) is 0 Å². The minimum Gasteiger partial charge on any atom is -0.495 e. The Morgan fingerprint density at radius 1 is 0.960 bits per heavy atom. The number of anilines is 1. The summed E-state index contributed by atoms with van der Waals surface area (Å²) in [5.41, 5.74) is 0.704. The van der Waals surface area contributed by atoms with Crippen LogP contribution in [0.4, 0.5) is 10.5 Å². The highest BCUT2D eigenvalue weighted by atomic mass is 35.5. The van der Waals surface area contributed by atoms with Gasteiger partial charge in [0.15, 0.2) is 11.5 Å². The first-order valence-corrected chi connectivity index (χ1v) is 7.43. The molecule has 132 valence electrons. The van der Waals surface area contributed by atoms with Gasteiger partial charge < -0.3 is 18.9 Å². The molecular formula is C17H16ClNO6. The molecule has 1 amide bonds. The number of amides is 1. The van der Waals surface area contributed by atoms with Crippen molar-refractivity contribution in [3.8, 4) is 23.0 Å². The van der Waals surface area contributed by atoms with Crippen molar-refractivity contribution in [2.24, 2.45) is 0 Å². The molecule has 0 atom stereocenters. The Morgan fingerprint density at radius 2 is 1.64 bits per heavy atom. The molecule has 8 heteroatoms. The Hall–Kier alpha value is -2.93. The molecule has 25 heavy (non-hydrogen) atoms. The van der Waals surface area contributed by atoms with Crippen molar-refractivity contribution in [1.29, 1.82) is 0 Å². The van der Waals surface area contributed by atoms with Crippen LogP contribution < -0.4 is 24.3 Å². The SMILES string of the molecule is COc1cc(OC)c(NC(=O)Oc2ccc(C=O)cc2OC)cc1Cl. The maximum atomic E-state index is 12.2. The summed E-state index contributed by atoms with van der Waals surface area (Å²) in [4.78, 5) is 22.9. The molecule has 0 fully saturated rings. The number of nitrogens with one attached hydrogen (secondary N) is 1. The van der Waals surface area contributed by atoms with E-state index in [9.17, 15) is 9.59 Å². The maximum Gasteiger partial charge on any atom is 0.417 e. The van der Waals surface area contributed by atoms with Crippen LogP contribution in [-0.2, 0) is 0 Å². The van der Waals surface area contributed by atoms with E-state index >= 15 is 0 Å². The Labute approximate surface area is 149 Å². The fourth-order valence-electron chi connectivity index (χ4n) is 2.03. The molecule has 0 heterocycles. The minimum absolute atomic E-state index is 0.157. The number of methoxy groups -OCH3 is 3. The second kappa shape index (κ2) is 8.25. The molecule has 0 spiro atoms. The lowest BCUT2D eigenvalue weighted by Crippen LogP contribution is -2.17. The average molecular weight is 366 g/mol. The summed E-state index contributed by atoms with van der Waals surface area (Å²) in [5, 5.41) is 2.83. The highest BCUT2D eigenvalue weighted by Crippen LogP contribution is 2.36. The summed E-state index contributed by atoms with van der Waals surface area (Å²) >= 11 is 6.06. The zero-order valence-electron chi connectivity index (χ0n) is 13.8. The second-order valence-electron chi connectivity index (χ2n) is 4.73. The first kappa shape index (κ1) is 18.4. The first-order valence-electron chi connectivity index (χ1n) is 7.06. The lowest BCUT2D eigenvalue weighted by molar-refractivity contribution is 0.112. The van der Waals surface area contributed by atoms with E-state index in [1.807, 2.05) is 0 Å². The number of carbonyl (C=O) groups is 2. The third kappa shape index (κ3) is 4.33. The van der Waals surface area contributed by atoms with Crippen LogP contribution in [-0.4, -0.2) is 33.7 Å². The van der Waals surface area contributed by atoms with Crippen molar-refractivity contribution in [1.82, 2.24) is 0 Å². The smallest absolute Gasteiger partial charge is 0.417 e. The molecule has 1 N–H and O–H groups in total. The average Bonchev–Trinajstić information content (AvgIpc) is 2.62. The number of halogens is 1. The summed E-state index contributed by atoms with van der Waals surface area (Å²) < 4.78 is 20.6. The van der Waals surface area contributed by atoms with Crippen molar-refractivity contribution >= 4 is 29.7 Å². The normalized spacial score (nSPS) is 9.92. The molecule has 2 aromatic rings. The third-order valence-electron chi connectivity index (χ3n) is 3.24. The largest absolute Gasteiger partial charge is 0.495 e. The number of aldehydes is 1. The molecule has 0 aliphatic rings. The summed E-state index contributed by atoms with van der Waals surface area (Å²) in [6.45, 7) is 0. The Morgan fingerprint density at radius 3 is 2.24 bits per heavy atom. The number of hydrogen-bond acceptors (Lipinski definition) is 6. The molecule has 0 aromatic heterocycles. The molecule has 0 aliphatic heterocycles. The summed E-state index contributed by atoms with van der Waals surface area (Å²) in [5.74, 6) is 1.16. The van der Waals surface area contributed by atoms with Crippen LogP contribution in [0.15, 0.2) is 30.3 Å². The summed E-state index contributed by atoms with van der Waals surface area (Å²) in [6.07, 6.45) is -0.118. The molecule has 7 nitrogen and oxygen atoms in total. The van der Waals surface area contributed by atoms with Crippen LogP contribution in [0.1, 0.15) is 10.4 Å². The quantitative estimate of drug-likeness (QED) is 0.784. The molecular weight excluding hydrogens is 350 g/mol. The van der Waals surface area contributed by atoms with E-state index < -0.39 is 6.09 Å². The van der Waals surface area contributed by atoms with Crippen molar-refractivity contribution in [2.45, 2.75) is 0 Å². The zero-order valence-corrected chi connectivity index (χ0v) is 14.5. The highest BCUT2D eigenvalue weighted by Gasteiger charge is 2.15. The number of ether oxygens (including phenoxy) is 4. The van der Waals surface area contributed by atoms with Gasteiger partial charge in [-0.25, -0.2) is 4.79 Å². The highest BCUT2D eigenvalue weighted by molar-refractivity contribution is 6.32. The van der Waals surface area contributed by atoms with Crippen LogP contribution in [0.3, 0.4) is 0 Å². The van der Waals surface area contributed by atoms with Gasteiger partial charge in [0.05, 0.1) is 32.0 Å². The lowest BCUT2D eigenvalue weighted by atomic mass is 10.2. The topological polar surface area (TPSA) is 83.1 Å². The van der Waals surface area contributed by atoms with Gasteiger partial charge in [-0.05, 0) is 24.3 Å². The number of hydrogen-bond donors (Lipinski definition) is 1. The first-order chi connectivity index (χ1) is 12.0. The predicted octanol–water partition coefficient (Wildman–Crippen LogP) is 3.79. The minimum atomic E-state index is -0.781. The molecule has 2 aromatic carbocycles. The third-order valence-corrected chi connectivity index (χ3v) is 3.53. The predicted molar refractivity (Wildman–Crippen MR) is 92.6 cm³/mol. The van der Waals surface area contributed by atoms with Crippen LogP contribution in [0, 0.1) is 0 Å². The van der Waals surface area contributed by atoms with Gasteiger partial charge in [-0.3, -0.25) is 10.1 Å². The number of benzene rings is 2. The van der Waals surface area contributed by atoms with Crippen molar-refractivity contribution in [3.05, 3.63) is 40.9 Å². The molecule has 0 bridgehead atoms. The van der Waals surface area contributed by atoms with E-state index in [0.29, 0.717) is 34.1 Å². The Bertz CT molecular complexity index is 793. The summed E-state index contributed by atoms with van der Waals surface area (Å²) in [7, 11) is 4.32. The fraction of sp³-hybridized carbons (Fsp3) is 0.176. The van der Waals surface area contributed by atoms with Gasteiger partial charge in [-0.1, -0.05) is 11.6 Å². The lowest BCUT2D eigenvalue weighted by Gasteiger charge is -2.14. The molecule has 0 radical (unpaired) electrons. The molecule has 2 rings (SSSR count). The van der Waals surface area contributed by atoms with E-state index in [1.165, 1.54) is 51.7 Å². The fourth-order valence-corrected chi connectivity index (χ4v) is 2.28. The van der Waals surface area contributed by atoms with E-state index in [-0.39, 0.29) is 11.5 Å².